The summed E-state index contributed by atoms with van der Waals surface area (Å²) in [5, 5.41) is 20.6. The highest BCUT2D eigenvalue weighted by molar-refractivity contribution is 7.91. The third-order valence-electron chi connectivity index (χ3n) is 12.4. The molecular formula is C43H50FN9O7S. The molecule has 4 aromatic rings. The standard InChI is InChI=1S/C43H50FN9O7S/c1-24(2)27-9-10-32(30-20-47-36(19-29(27)30)48-35-13-16-46-42(49-35)51-17-14-34(54)43(4,44)23-51)52-21-26(25(52)3)22-61(59,60)18-6-15-45-31-8-5-7-28-38(31)41(58)53(40(28)57)33-11-12-37(55)50-39(33)56/h5,7-10,13,16,19-20,24-26,33-34,45,54H,6,11-12,14-15,17-18,21-23H2,1-4H3,(H,50,55,56)(H,46,47,48,49)/t25-,26-,33?,34-,43+/m1/s1. The van der Waals surface area contributed by atoms with Crippen LogP contribution in [0, 0.1) is 5.92 Å². The first-order valence-electron chi connectivity index (χ1n) is 20.7. The molecule has 2 aromatic heterocycles. The van der Waals surface area contributed by atoms with Crippen molar-refractivity contribution in [2.24, 2.45) is 5.92 Å². The number of hydrogen-bond acceptors (Lipinski definition) is 14. The summed E-state index contributed by atoms with van der Waals surface area (Å²) >= 11 is 0. The van der Waals surface area contributed by atoms with Gasteiger partial charge in [0.1, 0.15) is 17.7 Å². The first kappa shape index (κ1) is 42.0. The molecule has 0 spiro atoms. The van der Waals surface area contributed by atoms with E-state index in [0.717, 1.165) is 26.9 Å². The summed E-state index contributed by atoms with van der Waals surface area (Å²) < 4.78 is 41.7. The predicted molar refractivity (Wildman–Crippen MR) is 229 cm³/mol. The van der Waals surface area contributed by atoms with Crippen LogP contribution in [0.2, 0.25) is 0 Å². The van der Waals surface area contributed by atoms with Gasteiger partial charge in [-0.1, -0.05) is 26.0 Å². The number of carbonyl (C=O) groups excluding carboxylic acids is 4. The first-order valence-corrected chi connectivity index (χ1v) is 22.5. The maximum atomic E-state index is 14.9. The highest BCUT2D eigenvalue weighted by atomic mass is 32.2. The van der Waals surface area contributed by atoms with Crippen LogP contribution in [-0.2, 0) is 19.4 Å². The number of carbonyl (C=O) groups is 4. The van der Waals surface area contributed by atoms with E-state index in [-0.39, 0.29) is 79.3 Å². The van der Waals surface area contributed by atoms with Gasteiger partial charge in [-0.15, -0.1) is 0 Å². The predicted octanol–water partition coefficient (Wildman–Crippen LogP) is 4.33. The van der Waals surface area contributed by atoms with E-state index in [1.807, 2.05) is 19.2 Å². The van der Waals surface area contributed by atoms with Gasteiger partial charge in [-0.25, -0.2) is 22.8 Å². The van der Waals surface area contributed by atoms with E-state index in [1.54, 1.807) is 29.3 Å². The number of nitrogens with one attached hydrogen (secondary N) is 3. The van der Waals surface area contributed by atoms with Crippen LogP contribution in [0.5, 0.6) is 0 Å². The van der Waals surface area contributed by atoms with Crippen LogP contribution in [0.15, 0.2) is 54.9 Å². The number of sulfone groups is 1. The van der Waals surface area contributed by atoms with Crippen molar-refractivity contribution in [3.05, 3.63) is 71.5 Å². The summed E-state index contributed by atoms with van der Waals surface area (Å²) in [6, 6.07) is 11.5. The molecule has 6 heterocycles. The number of rotatable bonds is 13. The van der Waals surface area contributed by atoms with Gasteiger partial charge in [0, 0.05) is 67.2 Å². The van der Waals surface area contributed by atoms with Crippen LogP contribution in [-0.4, -0.2) is 119 Å². The zero-order valence-corrected chi connectivity index (χ0v) is 35.3. The highest BCUT2D eigenvalue weighted by Gasteiger charge is 2.46. The van der Waals surface area contributed by atoms with Crippen molar-refractivity contribution in [3.63, 3.8) is 0 Å². The Morgan fingerprint density at radius 2 is 1.84 bits per heavy atom. The normalized spacial score (nSPS) is 24.3. The van der Waals surface area contributed by atoms with E-state index in [0.29, 0.717) is 36.4 Å². The summed E-state index contributed by atoms with van der Waals surface area (Å²) in [6.45, 7) is 8.87. The molecule has 4 amide bonds. The summed E-state index contributed by atoms with van der Waals surface area (Å²) in [4.78, 5) is 69.3. The van der Waals surface area contributed by atoms with Crippen molar-refractivity contribution >= 4 is 73.2 Å². The molecule has 0 radical (unpaired) electrons. The highest BCUT2D eigenvalue weighted by Crippen LogP contribution is 2.40. The first-order chi connectivity index (χ1) is 29.0. The van der Waals surface area contributed by atoms with Crippen LogP contribution in [0.4, 0.5) is 33.3 Å². The summed E-state index contributed by atoms with van der Waals surface area (Å²) in [6.07, 6.45) is 3.01. The molecule has 1 unspecified atom stereocenters. The number of hydrogen-bond donors (Lipinski definition) is 4. The van der Waals surface area contributed by atoms with E-state index in [2.05, 4.69) is 56.8 Å². The number of imide groups is 2. The van der Waals surface area contributed by atoms with Crippen LogP contribution >= 0.6 is 0 Å². The fourth-order valence-electron chi connectivity index (χ4n) is 8.86. The number of anilines is 5. The van der Waals surface area contributed by atoms with Crippen molar-refractivity contribution in [1.82, 2.24) is 25.2 Å². The number of fused-ring (bicyclic) bond motifs is 2. The Balaban J connectivity index is 0.886. The lowest BCUT2D eigenvalue weighted by Gasteiger charge is -2.48. The maximum Gasteiger partial charge on any atom is 0.264 e. The zero-order valence-electron chi connectivity index (χ0n) is 34.5. The lowest BCUT2D eigenvalue weighted by molar-refractivity contribution is -0.136. The number of halogens is 1. The van der Waals surface area contributed by atoms with E-state index in [1.165, 1.54) is 13.0 Å². The summed E-state index contributed by atoms with van der Waals surface area (Å²) in [5.74, 6) is -0.864. The molecule has 4 aliphatic rings. The number of alkyl halides is 1. The summed E-state index contributed by atoms with van der Waals surface area (Å²) in [5.41, 5.74) is 0.980. The van der Waals surface area contributed by atoms with Crippen LogP contribution in [0.25, 0.3) is 10.8 Å². The lowest BCUT2D eigenvalue weighted by atomic mass is 9.88. The Morgan fingerprint density at radius 3 is 2.57 bits per heavy atom. The molecule has 16 nitrogen and oxygen atoms in total. The Morgan fingerprint density at radius 1 is 1.03 bits per heavy atom. The molecule has 2 aromatic carbocycles. The van der Waals surface area contributed by atoms with Gasteiger partial charge in [-0.2, -0.15) is 4.98 Å². The second kappa shape index (κ2) is 16.3. The Labute approximate surface area is 353 Å². The molecule has 18 heteroatoms. The third kappa shape index (κ3) is 8.22. The smallest absolute Gasteiger partial charge is 0.264 e. The molecule has 3 saturated heterocycles. The van der Waals surface area contributed by atoms with E-state index in [9.17, 15) is 37.1 Å². The molecule has 322 valence electrons. The fourth-order valence-corrected chi connectivity index (χ4v) is 10.6. The van der Waals surface area contributed by atoms with Gasteiger partial charge in [0.25, 0.3) is 11.8 Å². The minimum Gasteiger partial charge on any atom is -0.390 e. The van der Waals surface area contributed by atoms with Gasteiger partial charge in [0.2, 0.25) is 17.8 Å². The van der Waals surface area contributed by atoms with Crippen molar-refractivity contribution in [2.45, 2.75) is 83.2 Å². The van der Waals surface area contributed by atoms with Crippen molar-refractivity contribution in [2.75, 3.05) is 58.1 Å². The minimum absolute atomic E-state index is 0.0199. The third-order valence-corrected chi connectivity index (χ3v) is 14.2. The maximum absolute atomic E-state index is 14.9. The molecule has 3 fully saturated rings. The van der Waals surface area contributed by atoms with Crippen molar-refractivity contribution in [3.8, 4) is 0 Å². The van der Waals surface area contributed by atoms with E-state index < -0.39 is 51.3 Å². The average Bonchev–Trinajstić information content (AvgIpc) is 3.47. The molecule has 0 saturated carbocycles. The number of piperidine rings is 2. The average molecular weight is 856 g/mol. The van der Waals surface area contributed by atoms with Crippen molar-refractivity contribution in [1.29, 1.82) is 0 Å². The SMILES string of the molecule is CC(C)c1ccc(N2C[C@H](CS(=O)(=O)CCCNc3cccc4c3C(=O)N(C3CCC(=O)NC3=O)C4=O)[C@H]2C)c2cnc(Nc3ccnc(N4CC[C@@H](O)[C@@](C)(F)C4)n3)cc12. The molecule has 8 rings (SSSR count). The molecule has 0 bridgehead atoms. The van der Waals surface area contributed by atoms with Gasteiger partial charge in [-0.05, 0) is 80.3 Å². The van der Waals surface area contributed by atoms with E-state index >= 15 is 0 Å². The Bertz CT molecular complexity index is 2540. The number of pyridine rings is 1. The number of amides is 4. The zero-order chi connectivity index (χ0) is 43.4. The lowest BCUT2D eigenvalue weighted by Crippen LogP contribution is -2.57. The molecule has 4 N–H and O–H groups in total. The number of aliphatic hydroxyl groups excluding tert-OH is 1. The van der Waals surface area contributed by atoms with Gasteiger partial charge in [0.15, 0.2) is 15.5 Å². The van der Waals surface area contributed by atoms with Gasteiger partial charge >= 0.3 is 0 Å². The summed E-state index contributed by atoms with van der Waals surface area (Å²) in [7, 11) is -3.45. The van der Waals surface area contributed by atoms with Crippen LogP contribution < -0.4 is 25.8 Å². The van der Waals surface area contributed by atoms with Crippen molar-refractivity contribution < 1.29 is 37.1 Å². The number of nitrogens with zero attached hydrogens (tertiary/aromatic N) is 6. The number of aliphatic hydroxyl groups is 1. The van der Waals surface area contributed by atoms with Gasteiger partial charge in [0.05, 0.1) is 35.3 Å². The Hall–Kier alpha value is -5.75. The second-order valence-electron chi connectivity index (χ2n) is 17.0. The number of benzene rings is 2. The quantitative estimate of drug-likeness (QED) is 0.109. The topological polar surface area (TPSA) is 207 Å². The molecule has 4 aliphatic heterocycles. The molecule has 5 atom stereocenters. The number of aromatic nitrogens is 3. The van der Waals surface area contributed by atoms with Crippen LogP contribution in [0.3, 0.4) is 0 Å². The molecule has 61 heavy (non-hydrogen) atoms. The van der Waals surface area contributed by atoms with Gasteiger partial charge in [-0.3, -0.25) is 29.4 Å². The molecule has 0 aliphatic carbocycles. The van der Waals surface area contributed by atoms with E-state index in [4.69, 9.17) is 4.98 Å². The van der Waals surface area contributed by atoms with Crippen LogP contribution in [0.1, 0.15) is 85.6 Å². The fraction of sp³-hybridized carbons (Fsp3) is 0.465. The van der Waals surface area contributed by atoms with Gasteiger partial charge < -0.3 is 25.5 Å². The minimum atomic E-state index is -3.45. The Kier molecular flexibility index (Phi) is 11.2. The molecular weight excluding hydrogens is 806 g/mol. The second-order valence-corrected chi connectivity index (χ2v) is 19.3. The largest absolute Gasteiger partial charge is 0.390 e. The monoisotopic (exact) mass is 855 g/mol.